The molecule has 3 N–H and O–H groups in total. The Morgan fingerprint density at radius 2 is 1.93 bits per heavy atom. The summed E-state index contributed by atoms with van der Waals surface area (Å²) in [6.07, 6.45) is 0.383. The van der Waals surface area contributed by atoms with Gasteiger partial charge in [-0.1, -0.05) is 6.07 Å². The van der Waals surface area contributed by atoms with E-state index < -0.39 is 21.6 Å². The van der Waals surface area contributed by atoms with Crippen LogP contribution in [0.15, 0.2) is 23.1 Å². The molecule has 1 saturated heterocycles. The minimum absolute atomic E-state index is 0.0828. The zero-order valence-corrected chi connectivity index (χ0v) is 16.6. The molecule has 0 atom stereocenters. The molecular formula is C17H24N4O5S. The van der Waals surface area contributed by atoms with E-state index in [-0.39, 0.29) is 29.7 Å². The second-order valence-corrected chi connectivity index (χ2v) is 8.71. The third-order valence-corrected chi connectivity index (χ3v) is 5.82. The lowest BCUT2D eigenvalue weighted by Gasteiger charge is -2.15. The van der Waals surface area contributed by atoms with Crippen LogP contribution in [0.25, 0.3) is 0 Å². The summed E-state index contributed by atoms with van der Waals surface area (Å²) in [6, 6.07) is 4.14. The van der Waals surface area contributed by atoms with E-state index in [0.717, 1.165) is 4.90 Å². The van der Waals surface area contributed by atoms with E-state index in [2.05, 4.69) is 15.4 Å². The Morgan fingerprint density at radius 1 is 1.26 bits per heavy atom. The number of sulfonamides is 1. The number of nitrogens with one attached hydrogen (secondary N) is 3. The highest BCUT2D eigenvalue weighted by Crippen LogP contribution is 2.20. The average Bonchev–Trinajstić information content (AvgIpc) is 2.78. The third-order valence-electron chi connectivity index (χ3n) is 4.26. The average molecular weight is 396 g/mol. The van der Waals surface area contributed by atoms with Gasteiger partial charge in [-0.05, 0) is 51.9 Å². The Morgan fingerprint density at radius 3 is 2.48 bits per heavy atom. The van der Waals surface area contributed by atoms with Crippen molar-refractivity contribution in [2.75, 3.05) is 18.9 Å². The first-order chi connectivity index (χ1) is 12.5. The van der Waals surface area contributed by atoms with Gasteiger partial charge in [0.1, 0.15) is 5.54 Å². The molecule has 2 rings (SSSR count). The lowest BCUT2D eigenvalue weighted by atomic mass is 10.1. The third kappa shape index (κ3) is 4.64. The summed E-state index contributed by atoms with van der Waals surface area (Å²) in [7, 11) is -2.31. The fraction of sp³-hybridized carbons (Fsp3) is 0.471. The van der Waals surface area contributed by atoms with Crippen LogP contribution in [0.4, 0.5) is 10.5 Å². The quantitative estimate of drug-likeness (QED) is 0.592. The molecular weight excluding hydrogens is 372 g/mol. The molecule has 0 unspecified atom stereocenters. The van der Waals surface area contributed by atoms with Crippen LogP contribution in [-0.4, -0.2) is 50.3 Å². The van der Waals surface area contributed by atoms with Gasteiger partial charge in [-0.25, -0.2) is 17.9 Å². The summed E-state index contributed by atoms with van der Waals surface area (Å²) in [6.45, 7) is 5.03. The molecule has 0 aromatic heterocycles. The van der Waals surface area contributed by atoms with Gasteiger partial charge >= 0.3 is 6.03 Å². The Labute approximate surface area is 158 Å². The lowest BCUT2D eigenvalue weighted by Crippen LogP contribution is -2.40. The van der Waals surface area contributed by atoms with Gasteiger partial charge in [-0.15, -0.1) is 0 Å². The van der Waals surface area contributed by atoms with Crippen LogP contribution in [-0.2, 0) is 19.6 Å². The molecule has 0 bridgehead atoms. The van der Waals surface area contributed by atoms with Crippen LogP contribution in [0.3, 0.4) is 0 Å². The lowest BCUT2D eigenvalue weighted by molar-refractivity contribution is -0.130. The van der Waals surface area contributed by atoms with Crippen molar-refractivity contribution in [1.82, 2.24) is 14.9 Å². The Bertz CT molecular complexity index is 879. The van der Waals surface area contributed by atoms with Gasteiger partial charge in [0.25, 0.3) is 5.91 Å². The maximum atomic E-state index is 12.1. The topological polar surface area (TPSA) is 125 Å². The minimum Gasteiger partial charge on any atom is -0.326 e. The van der Waals surface area contributed by atoms with Crippen LogP contribution >= 0.6 is 0 Å². The number of imide groups is 1. The summed E-state index contributed by atoms with van der Waals surface area (Å²) < 4.78 is 26.2. The number of carbonyl (C=O) groups excluding carboxylic acids is 3. The second-order valence-electron chi connectivity index (χ2n) is 6.85. The molecule has 0 radical (unpaired) electrons. The van der Waals surface area contributed by atoms with E-state index in [1.54, 1.807) is 32.9 Å². The van der Waals surface area contributed by atoms with Crippen molar-refractivity contribution in [3.8, 4) is 0 Å². The number of carbonyl (C=O) groups is 3. The molecule has 9 nitrogen and oxygen atoms in total. The molecule has 1 aromatic carbocycles. The minimum atomic E-state index is -3.63. The summed E-state index contributed by atoms with van der Waals surface area (Å²) >= 11 is 0. The number of anilines is 1. The molecule has 0 saturated carbocycles. The Hall–Kier alpha value is -2.46. The molecule has 1 heterocycles. The molecule has 148 valence electrons. The highest BCUT2D eigenvalue weighted by molar-refractivity contribution is 7.89. The van der Waals surface area contributed by atoms with Gasteiger partial charge in [-0.2, -0.15) is 0 Å². The number of aryl methyl sites for hydroxylation is 1. The number of benzene rings is 1. The number of amides is 4. The Kier molecular flexibility index (Phi) is 5.91. The highest BCUT2D eigenvalue weighted by atomic mass is 32.2. The molecule has 1 aromatic rings. The van der Waals surface area contributed by atoms with Crippen LogP contribution in [0, 0.1) is 6.92 Å². The predicted molar refractivity (Wildman–Crippen MR) is 99.6 cm³/mol. The van der Waals surface area contributed by atoms with Crippen molar-refractivity contribution >= 4 is 33.6 Å². The van der Waals surface area contributed by atoms with Gasteiger partial charge < -0.3 is 10.6 Å². The van der Waals surface area contributed by atoms with Gasteiger partial charge in [-0.3, -0.25) is 14.5 Å². The standard InChI is InChI=1S/C17H24N4O5S/c1-11-7-8-12(10-13(11)27(25,26)18-4)19-14(22)6-5-9-21-15(23)17(2,3)20-16(21)24/h7-8,10,18H,5-6,9H2,1-4H3,(H,19,22)(H,20,24). The van der Waals surface area contributed by atoms with Crippen molar-refractivity contribution in [2.45, 2.75) is 44.0 Å². The van der Waals surface area contributed by atoms with Crippen LogP contribution in [0.2, 0.25) is 0 Å². The zero-order valence-electron chi connectivity index (χ0n) is 15.8. The van der Waals surface area contributed by atoms with E-state index in [1.165, 1.54) is 13.1 Å². The van der Waals surface area contributed by atoms with E-state index in [1.807, 2.05) is 0 Å². The number of urea groups is 1. The van der Waals surface area contributed by atoms with Crippen molar-refractivity contribution in [3.63, 3.8) is 0 Å². The maximum absolute atomic E-state index is 12.1. The van der Waals surface area contributed by atoms with Crippen LogP contribution in [0.1, 0.15) is 32.3 Å². The van der Waals surface area contributed by atoms with Crippen molar-refractivity contribution in [2.24, 2.45) is 0 Å². The normalized spacial score (nSPS) is 16.4. The maximum Gasteiger partial charge on any atom is 0.325 e. The number of hydrogen-bond acceptors (Lipinski definition) is 5. The molecule has 10 heteroatoms. The zero-order chi connectivity index (χ0) is 20.4. The van der Waals surface area contributed by atoms with Gasteiger partial charge in [0.2, 0.25) is 15.9 Å². The first kappa shape index (κ1) is 20.8. The largest absolute Gasteiger partial charge is 0.326 e. The second kappa shape index (κ2) is 7.65. The molecule has 0 spiro atoms. The smallest absolute Gasteiger partial charge is 0.325 e. The molecule has 4 amide bonds. The molecule has 0 aliphatic carbocycles. The molecule has 1 fully saturated rings. The fourth-order valence-corrected chi connectivity index (χ4v) is 3.71. The summed E-state index contributed by atoms with van der Waals surface area (Å²) in [5.41, 5.74) is -0.0183. The number of hydrogen-bond donors (Lipinski definition) is 3. The summed E-state index contributed by atoms with van der Waals surface area (Å²) in [4.78, 5) is 37.2. The number of rotatable bonds is 7. The monoisotopic (exact) mass is 396 g/mol. The Balaban J connectivity index is 1.94. The van der Waals surface area contributed by atoms with Crippen molar-refractivity contribution in [3.05, 3.63) is 23.8 Å². The first-order valence-corrected chi connectivity index (χ1v) is 9.94. The molecule has 1 aliphatic rings. The van der Waals surface area contributed by atoms with E-state index >= 15 is 0 Å². The predicted octanol–water partition coefficient (Wildman–Crippen LogP) is 0.952. The van der Waals surface area contributed by atoms with Crippen LogP contribution in [0.5, 0.6) is 0 Å². The first-order valence-electron chi connectivity index (χ1n) is 8.46. The van der Waals surface area contributed by atoms with E-state index in [0.29, 0.717) is 17.7 Å². The molecule has 1 aliphatic heterocycles. The van der Waals surface area contributed by atoms with Gasteiger partial charge in [0, 0.05) is 18.7 Å². The van der Waals surface area contributed by atoms with Gasteiger partial charge in [0.15, 0.2) is 0 Å². The SMILES string of the molecule is CNS(=O)(=O)c1cc(NC(=O)CCCN2C(=O)NC(C)(C)C2=O)ccc1C. The fourth-order valence-electron chi connectivity index (χ4n) is 2.72. The summed E-state index contributed by atoms with van der Waals surface area (Å²) in [5.74, 6) is -0.661. The van der Waals surface area contributed by atoms with E-state index in [9.17, 15) is 22.8 Å². The van der Waals surface area contributed by atoms with Crippen LogP contribution < -0.4 is 15.4 Å². The van der Waals surface area contributed by atoms with Crippen molar-refractivity contribution in [1.29, 1.82) is 0 Å². The van der Waals surface area contributed by atoms with Crippen molar-refractivity contribution < 1.29 is 22.8 Å². The molecule has 27 heavy (non-hydrogen) atoms. The highest BCUT2D eigenvalue weighted by Gasteiger charge is 2.43. The van der Waals surface area contributed by atoms with E-state index in [4.69, 9.17) is 0 Å². The summed E-state index contributed by atoms with van der Waals surface area (Å²) in [5, 5.41) is 5.21. The van der Waals surface area contributed by atoms with Gasteiger partial charge in [0.05, 0.1) is 4.90 Å². The number of nitrogens with zero attached hydrogens (tertiary/aromatic N) is 1.